The van der Waals surface area contributed by atoms with Gasteiger partial charge in [0.2, 0.25) is 0 Å². The van der Waals surface area contributed by atoms with Crippen molar-refractivity contribution in [1.29, 1.82) is 0 Å². The molecule has 0 spiro atoms. The van der Waals surface area contributed by atoms with Crippen LogP contribution in [0.4, 0.5) is 0 Å². The lowest BCUT2D eigenvalue weighted by Gasteiger charge is -2.61. The zero-order chi connectivity index (χ0) is 24.8. The van der Waals surface area contributed by atoms with Gasteiger partial charge in [0.05, 0.1) is 0 Å². The second-order valence-corrected chi connectivity index (χ2v) is 12.7. The highest BCUT2D eigenvalue weighted by Crippen LogP contribution is 2.68. The van der Waals surface area contributed by atoms with Crippen molar-refractivity contribution in [3.8, 4) is 0 Å². The summed E-state index contributed by atoms with van der Waals surface area (Å²) >= 11 is 0. The lowest BCUT2D eigenvalue weighted by Crippen LogP contribution is -2.54. The van der Waals surface area contributed by atoms with Gasteiger partial charge in [0.15, 0.2) is 5.92 Å². The Morgan fingerprint density at radius 2 is 1.53 bits per heavy atom. The highest BCUT2D eigenvalue weighted by molar-refractivity contribution is 5.92. The van der Waals surface area contributed by atoms with Gasteiger partial charge < -0.3 is 14.9 Å². The molecule has 4 aliphatic rings. The molecule has 0 radical (unpaired) electrons. The summed E-state index contributed by atoms with van der Waals surface area (Å²) in [7, 11) is 0. The Morgan fingerprint density at radius 3 is 2.18 bits per heavy atom. The van der Waals surface area contributed by atoms with Crippen molar-refractivity contribution in [3.63, 3.8) is 0 Å². The Morgan fingerprint density at radius 1 is 0.882 bits per heavy atom. The van der Waals surface area contributed by atoms with Crippen LogP contribution in [0.5, 0.6) is 0 Å². The third-order valence-electron chi connectivity index (χ3n) is 11.2. The summed E-state index contributed by atoms with van der Waals surface area (Å²) in [4.78, 5) is 34.2. The van der Waals surface area contributed by atoms with E-state index in [0.29, 0.717) is 29.6 Å². The number of hydrogen-bond acceptors (Lipinski definition) is 4. The molecular formula is C28H44O6. The van der Waals surface area contributed by atoms with E-state index < -0.39 is 17.9 Å². The maximum Gasteiger partial charge on any atom is 0.317 e. The molecular weight excluding hydrogens is 432 g/mol. The van der Waals surface area contributed by atoms with Crippen molar-refractivity contribution < 1.29 is 29.3 Å². The molecule has 0 aromatic carbocycles. The summed E-state index contributed by atoms with van der Waals surface area (Å²) in [6, 6.07) is 0. The van der Waals surface area contributed by atoms with Gasteiger partial charge in [-0.1, -0.05) is 20.8 Å². The predicted octanol–water partition coefficient (Wildman–Crippen LogP) is 5.78. The number of carboxylic acid groups (broad SMARTS) is 2. The third kappa shape index (κ3) is 4.39. The molecule has 0 bridgehead atoms. The summed E-state index contributed by atoms with van der Waals surface area (Å²) in [5, 5.41) is 18.5. The minimum atomic E-state index is -1.29. The third-order valence-corrected chi connectivity index (χ3v) is 11.2. The van der Waals surface area contributed by atoms with Gasteiger partial charge in [-0.05, 0) is 117 Å². The number of hydrogen-bond donors (Lipinski definition) is 2. The van der Waals surface area contributed by atoms with Crippen LogP contribution in [0.2, 0.25) is 0 Å². The first kappa shape index (κ1) is 25.5. The molecule has 4 rings (SSSR count). The monoisotopic (exact) mass is 476 g/mol. The highest BCUT2D eigenvalue weighted by atomic mass is 16.5. The summed E-state index contributed by atoms with van der Waals surface area (Å²) in [5.74, 6) is -0.110. The van der Waals surface area contributed by atoms with Gasteiger partial charge >= 0.3 is 17.9 Å². The molecule has 9 atom stereocenters. The summed E-state index contributed by atoms with van der Waals surface area (Å²) < 4.78 is 5.60. The van der Waals surface area contributed by atoms with Crippen molar-refractivity contribution in [2.45, 2.75) is 104 Å². The molecule has 6 nitrogen and oxygen atoms in total. The molecule has 0 heterocycles. The van der Waals surface area contributed by atoms with Crippen LogP contribution in [-0.4, -0.2) is 34.2 Å². The first-order valence-corrected chi connectivity index (χ1v) is 13.6. The molecule has 0 aromatic rings. The van der Waals surface area contributed by atoms with Gasteiger partial charge in [-0.3, -0.25) is 14.4 Å². The van der Waals surface area contributed by atoms with E-state index in [1.165, 1.54) is 45.4 Å². The fourth-order valence-corrected chi connectivity index (χ4v) is 9.52. The Hall–Kier alpha value is -1.59. The van der Waals surface area contributed by atoms with E-state index >= 15 is 0 Å². The van der Waals surface area contributed by atoms with Crippen molar-refractivity contribution >= 4 is 17.9 Å². The van der Waals surface area contributed by atoms with Crippen LogP contribution in [0.25, 0.3) is 0 Å². The lowest BCUT2D eigenvalue weighted by atomic mass is 9.44. The Kier molecular flexibility index (Phi) is 7.10. The van der Waals surface area contributed by atoms with Gasteiger partial charge in [0.1, 0.15) is 6.10 Å². The van der Waals surface area contributed by atoms with E-state index in [-0.39, 0.29) is 23.9 Å². The largest absolute Gasteiger partial charge is 0.481 e. The quantitative estimate of drug-likeness (QED) is 0.357. The van der Waals surface area contributed by atoms with Crippen LogP contribution in [0.15, 0.2) is 0 Å². The molecule has 5 unspecified atom stereocenters. The first-order valence-electron chi connectivity index (χ1n) is 13.6. The molecule has 34 heavy (non-hydrogen) atoms. The van der Waals surface area contributed by atoms with Gasteiger partial charge in [0.25, 0.3) is 0 Å². The van der Waals surface area contributed by atoms with Crippen LogP contribution < -0.4 is 0 Å². The van der Waals surface area contributed by atoms with Crippen molar-refractivity contribution in [3.05, 3.63) is 0 Å². The van der Waals surface area contributed by atoms with Gasteiger partial charge in [0, 0.05) is 6.92 Å². The number of rotatable bonds is 7. The Labute approximate surface area is 204 Å². The van der Waals surface area contributed by atoms with E-state index in [4.69, 9.17) is 4.74 Å². The second kappa shape index (κ2) is 9.46. The molecule has 2 N–H and O–H groups in total. The van der Waals surface area contributed by atoms with Crippen LogP contribution in [0.3, 0.4) is 0 Å². The minimum absolute atomic E-state index is 0.0955. The average Bonchev–Trinajstić information content (AvgIpc) is 3.10. The van der Waals surface area contributed by atoms with Crippen molar-refractivity contribution in [2.24, 2.45) is 52.3 Å². The number of aliphatic carboxylic acids is 2. The molecule has 4 fully saturated rings. The summed E-state index contributed by atoms with van der Waals surface area (Å²) in [6.45, 7) is 8.75. The highest BCUT2D eigenvalue weighted by Gasteiger charge is 2.60. The topological polar surface area (TPSA) is 101 Å². The number of carbonyl (C=O) groups excluding carboxylic acids is 1. The molecule has 6 heteroatoms. The van der Waals surface area contributed by atoms with Crippen LogP contribution in [0.1, 0.15) is 98.3 Å². The molecule has 4 aliphatic carbocycles. The fourth-order valence-electron chi connectivity index (χ4n) is 9.52. The van der Waals surface area contributed by atoms with Gasteiger partial charge in [-0.2, -0.15) is 0 Å². The van der Waals surface area contributed by atoms with Crippen molar-refractivity contribution in [2.75, 3.05) is 0 Å². The number of carbonyl (C=O) groups is 3. The maximum atomic E-state index is 11.5. The number of ether oxygens (including phenoxy) is 1. The Bertz CT molecular complexity index is 795. The van der Waals surface area contributed by atoms with E-state index in [0.717, 1.165) is 37.0 Å². The maximum absolute atomic E-state index is 11.5. The number of fused-ring (bicyclic) bond motifs is 5. The molecule has 192 valence electrons. The molecule has 0 amide bonds. The molecule has 4 saturated carbocycles. The summed E-state index contributed by atoms with van der Waals surface area (Å²) in [6.07, 6.45) is 11.6. The fraction of sp³-hybridized carbons (Fsp3) is 0.893. The normalized spacial score (nSPS) is 42.3. The smallest absolute Gasteiger partial charge is 0.317 e. The van der Waals surface area contributed by atoms with E-state index in [1.807, 2.05) is 0 Å². The van der Waals surface area contributed by atoms with Crippen molar-refractivity contribution in [1.82, 2.24) is 0 Å². The second-order valence-electron chi connectivity index (χ2n) is 12.7. The number of carboxylic acids is 2. The zero-order valence-corrected chi connectivity index (χ0v) is 21.4. The average molecular weight is 477 g/mol. The summed E-state index contributed by atoms with van der Waals surface area (Å²) in [5.41, 5.74) is 0.626. The molecule has 0 aromatic heterocycles. The standard InChI is InChI=1S/C28H44O6/c1-16(5-7-21(25(30)31)26(32)33)22-9-10-23-20-8-6-18-15-19(34-17(2)29)11-13-27(18,3)24(20)12-14-28(22,23)4/h16,18-24H,5-15H2,1-4H3,(H,30,31)(H,32,33)/t16-,18?,19-,20?,22?,23?,24?,27+,28-/m1/s1. The molecule has 0 saturated heterocycles. The lowest BCUT2D eigenvalue weighted by molar-refractivity contribution is -0.161. The van der Waals surface area contributed by atoms with Gasteiger partial charge in [-0.15, -0.1) is 0 Å². The zero-order valence-electron chi connectivity index (χ0n) is 21.4. The minimum Gasteiger partial charge on any atom is -0.481 e. The van der Waals surface area contributed by atoms with E-state index in [1.54, 1.807) is 0 Å². The SMILES string of the molecule is CC(=O)O[C@@H]1CC[C@@]2(C)C(CCC3C2CC[C@@]2(C)C3CCC2[C@H](C)CCC(C(=O)O)C(=O)O)C1. The molecule has 0 aliphatic heterocycles. The predicted molar refractivity (Wildman–Crippen MR) is 128 cm³/mol. The van der Waals surface area contributed by atoms with E-state index in [9.17, 15) is 24.6 Å². The van der Waals surface area contributed by atoms with Crippen LogP contribution >= 0.6 is 0 Å². The van der Waals surface area contributed by atoms with Crippen LogP contribution in [0, 0.1) is 52.3 Å². The van der Waals surface area contributed by atoms with Crippen LogP contribution in [-0.2, 0) is 19.1 Å². The first-order chi connectivity index (χ1) is 16.0. The Balaban J connectivity index is 1.43. The van der Waals surface area contributed by atoms with Gasteiger partial charge in [-0.25, -0.2) is 0 Å². The van der Waals surface area contributed by atoms with E-state index in [2.05, 4.69) is 20.8 Å². The number of esters is 1.